The molecule has 0 saturated carbocycles. The Kier molecular flexibility index (Phi) is 6.97. The van der Waals surface area contributed by atoms with Crippen LogP contribution in [-0.2, 0) is 11.4 Å². The average Bonchev–Trinajstić information content (AvgIpc) is 2.14. The molecule has 0 aliphatic heterocycles. The van der Waals surface area contributed by atoms with E-state index in [2.05, 4.69) is 9.71 Å². The van der Waals surface area contributed by atoms with Gasteiger partial charge in [0.15, 0.2) is 6.30 Å². The molecule has 100 valence electrons. The van der Waals surface area contributed by atoms with Gasteiger partial charge in [-0.1, -0.05) is 6.08 Å². The van der Waals surface area contributed by atoms with E-state index in [9.17, 15) is 8.94 Å². The van der Waals surface area contributed by atoms with Crippen molar-refractivity contribution in [2.24, 2.45) is 4.99 Å². The first-order valence-corrected chi connectivity index (χ1v) is 6.86. The SMILES string of the molecule is C/C=C\C(=N/C(C)F)[C@H](C)N[S+]([O-])C(C)(C)C. The van der Waals surface area contributed by atoms with Gasteiger partial charge >= 0.3 is 0 Å². The van der Waals surface area contributed by atoms with Crippen molar-refractivity contribution in [3.8, 4) is 0 Å². The topological polar surface area (TPSA) is 47.5 Å². The zero-order chi connectivity index (χ0) is 13.6. The Morgan fingerprint density at radius 3 is 2.29 bits per heavy atom. The number of nitrogens with zero attached hydrogens (tertiary/aromatic N) is 1. The van der Waals surface area contributed by atoms with E-state index in [4.69, 9.17) is 0 Å². The molecule has 1 N–H and O–H groups in total. The number of nitrogens with one attached hydrogen (secondary N) is 1. The number of halogens is 1. The number of hydrogen-bond acceptors (Lipinski definition) is 3. The van der Waals surface area contributed by atoms with Gasteiger partial charge in [0.2, 0.25) is 0 Å². The fourth-order valence-corrected chi connectivity index (χ4v) is 1.87. The maximum absolute atomic E-state index is 12.9. The summed E-state index contributed by atoms with van der Waals surface area (Å²) in [4.78, 5) is 3.87. The third-order valence-electron chi connectivity index (χ3n) is 1.95. The van der Waals surface area contributed by atoms with E-state index in [0.29, 0.717) is 5.71 Å². The first kappa shape index (κ1) is 16.6. The number of rotatable bonds is 5. The van der Waals surface area contributed by atoms with Gasteiger partial charge in [-0.15, -0.1) is 4.72 Å². The minimum absolute atomic E-state index is 0.246. The third-order valence-corrected chi connectivity index (χ3v) is 3.63. The van der Waals surface area contributed by atoms with Gasteiger partial charge in [0, 0.05) is 11.4 Å². The predicted molar refractivity (Wildman–Crippen MR) is 73.3 cm³/mol. The van der Waals surface area contributed by atoms with Crippen molar-refractivity contribution in [1.82, 2.24) is 4.72 Å². The van der Waals surface area contributed by atoms with Gasteiger partial charge in [-0.25, -0.2) is 4.39 Å². The first-order chi connectivity index (χ1) is 7.68. The molecule has 0 radical (unpaired) electrons. The molecule has 5 heteroatoms. The summed E-state index contributed by atoms with van der Waals surface area (Å²) in [5.41, 5.74) is 0.570. The summed E-state index contributed by atoms with van der Waals surface area (Å²) in [6.07, 6.45) is 2.26. The van der Waals surface area contributed by atoms with E-state index in [-0.39, 0.29) is 10.8 Å². The molecule has 0 bridgehead atoms. The maximum atomic E-state index is 12.9. The molecule has 0 spiro atoms. The normalized spacial score (nSPS) is 19.4. The van der Waals surface area contributed by atoms with Crippen molar-refractivity contribution in [3.63, 3.8) is 0 Å². The lowest BCUT2D eigenvalue weighted by molar-refractivity contribution is 0.375. The lowest BCUT2D eigenvalue weighted by atomic mass is 10.2. The largest absolute Gasteiger partial charge is 0.598 e. The fourth-order valence-electron chi connectivity index (χ4n) is 1.07. The van der Waals surface area contributed by atoms with Crippen LogP contribution in [0.3, 0.4) is 0 Å². The number of aliphatic imine (C=N–C) groups is 1. The van der Waals surface area contributed by atoms with Gasteiger partial charge in [0.05, 0.1) is 11.8 Å². The fraction of sp³-hybridized carbons (Fsp3) is 0.750. The van der Waals surface area contributed by atoms with Gasteiger partial charge in [-0.2, -0.15) is 0 Å². The van der Waals surface area contributed by atoms with E-state index in [1.807, 2.05) is 34.6 Å². The van der Waals surface area contributed by atoms with Gasteiger partial charge in [-0.05, 0) is 47.6 Å². The van der Waals surface area contributed by atoms with E-state index in [1.54, 1.807) is 12.2 Å². The summed E-state index contributed by atoms with van der Waals surface area (Å²) in [7, 11) is 0. The number of allylic oxidation sites excluding steroid dienone is 1. The molecular weight excluding hydrogens is 239 g/mol. The Bertz CT molecular complexity index is 285. The van der Waals surface area contributed by atoms with Crippen molar-refractivity contribution in [2.75, 3.05) is 0 Å². The van der Waals surface area contributed by atoms with Crippen LogP contribution in [0.25, 0.3) is 0 Å². The van der Waals surface area contributed by atoms with Crippen molar-refractivity contribution < 1.29 is 8.94 Å². The Labute approximate surface area is 107 Å². The smallest absolute Gasteiger partial charge is 0.187 e. The molecule has 0 rings (SSSR count). The van der Waals surface area contributed by atoms with Crippen LogP contribution in [0.1, 0.15) is 41.5 Å². The van der Waals surface area contributed by atoms with Crippen molar-refractivity contribution in [3.05, 3.63) is 12.2 Å². The zero-order valence-electron chi connectivity index (χ0n) is 11.5. The summed E-state index contributed by atoms with van der Waals surface area (Å²) < 4.78 is 27.4. The zero-order valence-corrected chi connectivity index (χ0v) is 12.3. The van der Waals surface area contributed by atoms with Gasteiger partial charge in [0.1, 0.15) is 4.75 Å². The van der Waals surface area contributed by atoms with Crippen LogP contribution in [0.2, 0.25) is 0 Å². The van der Waals surface area contributed by atoms with E-state index in [1.165, 1.54) is 6.92 Å². The van der Waals surface area contributed by atoms with Crippen molar-refractivity contribution in [1.29, 1.82) is 0 Å². The highest BCUT2D eigenvalue weighted by molar-refractivity contribution is 7.90. The van der Waals surface area contributed by atoms with Gasteiger partial charge in [0.25, 0.3) is 0 Å². The summed E-state index contributed by atoms with van der Waals surface area (Å²) in [6.45, 7) is 10.7. The Balaban J connectivity index is 4.70. The predicted octanol–water partition coefficient (Wildman–Crippen LogP) is 2.76. The molecule has 17 heavy (non-hydrogen) atoms. The Morgan fingerprint density at radius 2 is 1.94 bits per heavy atom. The average molecular weight is 262 g/mol. The lowest BCUT2D eigenvalue weighted by Gasteiger charge is -2.26. The Hall–Kier alpha value is -0.390. The van der Waals surface area contributed by atoms with E-state index >= 15 is 0 Å². The highest BCUT2D eigenvalue weighted by Crippen LogP contribution is 2.14. The van der Waals surface area contributed by atoms with Crippen LogP contribution in [0.15, 0.2) is 17.1 Å². The second-order valence-corrected chi connectivity index (χ2v) is 6.85. The lowest BCUT2D eigenvalue weighted by Crippen LogP contribution is -2.46. The monoisotopic (exact) mass is 262 g/mol. The second kappa shape index (κ2) is 7.13. The summed E-state index contributed by atoms with van der Waals surface area (Å²) in [5, 5.41) is 0. The number of alkyl halides is 1. The molecule has 3 nitrogen and oxygen atoms in total. The van der Waals surface area contributed by atoms with Gasteiger partial charge in [-0.3, -0.25) is 4.99 Å². The molecule has 3 atom stereocenters. The summed E-state index contributed by atoms with van der Waals surface area (Å²) in [5.74, 6) is 0. The van der Waals surface area contributed by atoms with Crippen molar-refractivity contribution in [2.45, 2.75) is 58.6 Å². The van der Waals surface area contributed by atoms with E-state index in [0.717, 1.165) is 0 Å². The molecular formula is C12H23FN2OS. The molecule has 0 aromatic carbocycles. The standard InChI is InChI=1S/C12H23FN2OS/c1-7-8-11(14-10(3)13)9(2)15-17(16)12(4,5)6/h7-10,15H,1-6H3/b8-7-,14-11+/t9-,10?,17?/m0/s1. The van der Waals surface area contributed by atoms with Gasteiger partial charge < -0.3 is 4.55 Å². The third kappa shape index (κ3) is 6.81. The molecule has 0 heterocycles. The van der Waals surface area contributed by atoms with Crippen molar-refractivity contribution >= 4 is 17.1 Å². The summed E-state index contributed by atoms with van der Waals surface area (Å²) in [6, 6.07) is -0.246. The van der Waals surface area contributed by atoms with Crippen LogP contribution in [0, 0.1) is 0 Å². The molecule has 2 unspecified atom stereocenters. The van der Waals surface area contributed by atoms with Crippen LogP contribution < -0.4 is 4.72 Å². The van der Waals surface area contributed by atoms with Crippen LogP contribution in [0.4, 0.5) is 4.39 Å². The molecule has 0 fully saturated rings. The molecule has 0 aliphatic carbocycles. The van der Waals surface area contributed by atoms with Crippen LogP contribution in [0.5, 0.6) is 0 Å². The molecule has 0 aliphatic rings. The molecule has 0 saturated heterocycles. The molecule has 0 amide bonds. The first-order valence-electron chi connectivity index (χ1n) is 5.71. The quantitative estimate of drug-likeness (QED) is 0.470. The minimum atomic E-state index is -1.26. The highest BCUT2D eigenvalue weighted by Gasteiger charge is 2.28. The molecule has 0 aromatic heterocycles. The van der Waals surface area contributed by atoms with Crippen LogP contribution >= 0.6 is 0 Å². The Morgan fingerprint density at radius 1 is 1.41 bits per heavy atom. The second-order valence-electron chi connectivity index (χ2n) is 4.85. The van der Waals surface area contributed by atoms with E-state index < -0.39 is 17.7 Å². The summed E-state index contributed by atoms with van der Waals surface area (Å²) >= 11 is -1.19. The molecule has 0 aromatic rings. The van der Waals surface area contributed by atoms with Crippen LogP contribution in [-0.4, -0.2) is 27.3 Å². The maximum Gasteiger partial charge on any atom is 0.187 e. The highest BCUT2D eigenvalue weighted by atomic mass is 32.2. The minimum Gasteiger partial charge on any atom is -0.598 e. The number of hydrogen-bond donors (Lipinski definition) is 1.